The SMILES string of the molecule is Cc1ccc(CNCC2(C)CCOCC2)c(Br)c1. The second kappa shape index (κ2) is 6.18. The zero-order valence-corrected chi connectivity index (χ0v) is 12.8. The molecule has 2 nitrogen and oxygen atoms in total. The molecule has 0 spiro atoms. The van der Waals surface area contributed by atoms with Gasteiger partial charge in [0.05, 0.1) is 0 Å². The maximum atomic E-state index is 5.43. The van der Waals surface area contributed by atoms with Crippen LogP contribution in [0.4, 0.5) is 0 Å². The van der Waals surface area contributed by atoms with E-state index in [0.717, 1.165) is 39.1 Å². The number of benzene rings is 1. The van der Waals surface area contributed by atoms with E-state index in [0.29, 0.717) is 5.41 Å². The molecule has 0 atom stereocenters. The maximum absolute atomic E-state index is 5.43. The summed E-state index contributed by atoms with van der Waals surface area (Å²) in [5.74, 6) is 0. The van der Waals surface area contributed by atoms with Crippen LogP contribution in [0.2, 0.25) is 0 Å². The van der Waals surface area contributed by atoms with Crippen molar-refractivity contribution in [3.63, 3.8) is 0 Å². The van der Waals surface area contributed by atoms with E-state index in [1.54, 1.807) is 0 Å². The average Bonchev–Trinajstić information content (AvgIpc) is 2.33. The summed E-state index contributed by atoms with van der Waals surface area (Å²) in [6.45, 7) is 8.28. The van der Waals surface area contributed by atoms with E-state index >= 15 is 0 Å². The first-order chi connectivity index (χ1) is 8.59. The molecule has 0 unspecified atom stereocenters. The lowest BCUT2D eigenvalue weighted by Crippen LogP contribution is -2.36. The Bertz CT molecular complexity index is 399. The molecule has 0 radical (unpaired) electrons. The molecule has 3 heteroatoms. The third kappa shape index (κ3) is 3.81. The van der Waals surface area contributed by atoms with Crippen molar-refractivity contribution in [3.05, 3.63) is 33.8 Å². The zero-order chi connectivity index (χ0) is 13.0. The largest absolute Gasteiger partial charge is 0.381 e. The third-order valence-corrected chi connectivity index (χ3v) is 4.51. The van der Waals surface area contributed by atoms with Crippen LogP contribution in [0, 0.1) is 12.3 Å². The van der Waals surface area contributed by atoms with Gasteiger partial charge in [0.25, 0.3) is 0 Å². The predicted octanol–water partition coefficient (Wildman–Crippen LogP) is 3.66. The number of halogens is 1. The van der Waals surface area contributed by atoms with Gasteiger partial charge in [0.2, 0.25) is 0 Å². The highest BCUT2D eigenvalue weighted by atomic mass is 79.9. The molecule has 1 saturated heterocycles. The minimum atomic E-state index is 0.398. The van der Waals surface area contributed by atoms with Crippen molar-refractivity contribution in [2.45, 2.75) is 33.2 Å². The molecule has 0 saturated carbocycles. The van der Waals surface area contributed by atoms with Crippen LogP contribution >= 0.6 is 15.9 Å². The molecular formula is C15H22BrNO. The van der Waals surface area contributed by atoms with Crippen LogP contribution < -0.4 is 5.32 Å². The second-order valence-electron chi connectivity index (χ2n) is 5.62. The van der Waals surface area contributed by atoms with E-state index in [9.17, 15) is 0 Å². The molecule has 1 aliphatic rings. The van der Waals surface area contributed by atoms with Gasteiger partial charge in [-0.2, -0.15) is 0 Å². The molecule has 2 rings (SSSR count). The number of hydrogen-bond donors (Lipinski definition) is 1. The van der Waals surface area contributed by atoms with Crippen LogP contribution in [0.1, 0.15) is 30.9 Å². The van der Waals surface area contributed by atoms with Crippen LogP contribution in [0.15, 0.2) is 22.7 Å². The van der Waals surface area contributed by atoms with E-state index in [1.807, 2.05) is 0 Å². The Hall–Kier alpha value is -0.380. The van der Waals surface area contributed by atoms with Gasteiger partial charge in [0, 0.05) is 30.8 Å². The van der Waals surface area contributed by atoms with Crippen LogP contribution in [0.25, 0.3) is 0 Å². The zero-order valence-electron chi connectivity index (χ0n) is 11.3. The number of ether oxygens (including phenoxy) is 1. The van der Waals surface area contributed by atoms with Gasteiger partial charge in [-0.05, 0) is 42.4 Å². The first-order valence-corrected chi connectivity index (χ1v) is 7.42. The normalized spacial score (nSPS) is 18.8. The highest BCUT2D eigenvalue weighted by Crippen LogP contribution is 2.29. The van der Waals surface area contributed by atoms with E-state index in [1.165, 1.54) is 15.6 Å². The molecule has 1 N–H and O–H groups in total. The Kier molecular flexibility index (Phi) is 4.82. The fourth-order valence-corrected chi connectivity index (χ4v) is 2.97. The lowest BCUT2D eigenvalue weighted by molar-refractivity contribution is 0.0240. The van der Waals surface area contributed by atoms with E-state index in [4.69, 9.17) is 4.74 Å². The average molecular weight is 312 g/mol. The Morgan fingerprint density at radius 2 is 2.06 bits per heavy atom. The Morgan fingerprint density at radius 1 is 1.33 bits per heavy atom. The third-order valence-electron chi connectivity index (χ3n) is 3.78. The maximum Gasteiger partial charge on any atom is 0.0471 e. The molecule has 0 aromatic heterocycles. The highest BCUT2D eigenvalue weighted by molar-refractivity contribution is 9.10. The van der Waals surface area contributed by atoms with Crippen LogP contribution in [0.5, 0.6) is 0 Å². The first kappa shape index (κ1) is 14.0. The molecule has 1 aliphatic heterocycles. The number of aryl methyl sites for hydroxylation is 1. The van der Waals surface area contributed by atoms with Crippen molar-refractivity contribution in [2.24, 2.45) is 5.41 Å². The Morgan fingerprint density at radius 3 is 2.72 bits per heavy atom. The van der Waals surface area contributed by atoms with Crippen LogP contribution in [0.3, 0.4) is 0 Å². The van der Waals surface area contributed by atoms with E-state index in [2.05, 4.69) is 53.3 Å². The molecule has 0 amide bonds. The van der Waals surface area contributed by atoms with Crippen molar-refractivity contribution in [3.8, 4) is 0 Å². The lowest BCUT2D eigenvalue weighted by Gasteiger charge is -2.33. The van der Waals surface area contributed by atoms with Crippen molar-refractivity contribution in [1.29, 1.82) is 0 Å². The molecular weight excluding hydrogens is 290 g/mol. The monoisotopic (exact) mass is 311 g/mol. The van der Waals surface area contributed by atoms with Gasteiger partial charge in [-0.15, -0.1) is 0 Å². The summed E-state index contributed by atoms with van der Waals surface area (Å²) in [5.41, 5.74) is 3.02. The molecule has 18 heavy (non-hydrogen) atoms. The summed E-state index contributed by atoms with van der Waals surface area (Å²) in [5, 5.41) is 3.59. The van der Waals surface area contributed by atoms with Gasteiger partial charge in [-0.1, -0.05) is 35.0 Å². The fraction of sp³-hybridized carbons (Fsp3) is 0.600. The van der Waals surface area contributed by atoms with Gasteiger partial charge in [0.1, 0.15) is 0 Å². The smallest absolute Gasteiger partial charge is 0.0471 e. The van der Waals surface area contributed by atoms with Gasteiger partial charge >= 0.3 is 0 Å². The van der Waals surface area contributed by atoms with Crippen LogP contribution in [-0.4, -0.2) is 19.8 Å². The van der Waals surface area contributed by atoms with Gasteiger partial charge in [-0.25, -0.2) is 0 Å². The lowest BCUT2D eigenvalue weighted by atomic mass is 9.82. The molecule has 1 fully saturated rings. The standard InChI is InChI=1S/C15H22BrNO/c1-12-3-4-13(14(16)9-12)10-17-11-15(2)5-7-18-8-6-15/h3-4,9,17H,5-8,10-11H2,1-2H3. The van der Waals surface area contributed by atoms with E-state index < -0.39 is 0 Å². The van der Waals surface area contributed by atoms with Crippen LogP contribution in [-0.2, 0) is 11.3 Å². The van der Waals surface area contributed by atoms with Crippen molar-refractivity contribution in [1.82, 2.24) is 5.32 Å². The Labute approximate surface area is 118 Å². The highest BCUT2D eigenvalue weighted by Gasteiger charge is 2.26. The van der Waals surface area contributed by atoms with Gasteiger partial charge < -0.3 is 10.1 Å². The molecule has 1 aromatic rings. The van der Waals surface area contributed by atoms with Gasteiger partial charge in [-0.3, -0.25) is 0 Å². The fourth-order valence-electron chi connectivity index (χ4n) is 2.34. The molecule has 1 heterocycles. The van der Waals surface area contributed by atoms with Crippen molar-refractivity contribution < 1.29 is 4.74 Å². The summed E-state index contributed by atoms with van der Waals surface area (Å²) in [4.78, 5) is 0. The summed E-state index contributed by atoms with van der Waals surface area (Å²) in [7, 11) is 0. The minimum Gasteiger partial charge on any atom is -0.381 e. The number of rotatable bonds is 4. The number of nitrogens with one attached hydrogen (secondary N) is 1. The summed E-state index contributed by atoms with van der Waals surface area (Å²) in [6, 6.07) is 6.53. The molecule has 0 bridgehead atoms. The first-order valence-electron chi connectivity index (χ1n) is 6.63. The minimum absolute atomic E-state index is 0.398. The summed E-state index contributed by atoms with van der Waals surface area (Å²) < 4.78 is 6.63. The number of hydrogen-bond acceptors (Lipinski definition) is 2. The second-order valence-corrected chi connectivity index (χ2v) is 6.48. The molecule has 0 aliphatic carbocycles. The van der Waals surface area contributed by atoms with Gasteiger partial charge in [0.15, 0.2) is 0 Å². The van der Waals surface area contributed by atoms with Crippen molar-refractivity contribution in [2.75, 3.05) is 19.8 Å². The predicted molar refractivity (Wildman–Crippen MR) is 78.7 cm³/mol. The Balaban J connectivity index is 1.84. The topological polar surface area (TPSA) is 21.3 Å². The molecule has 1 aromatic carbocycles. The quantitative estimate of drug-likeness (QED) is 0.916. The van der Waals surface area contributed by atoms with Crippen molar-refractivity contribution >= 4 is 15.9 Å². The summed E-state index contributed by atoms with van der Waals surface area (Å²) in [6.07, 6.45) is 2.32. The summed E-state index contributed by atoms with van der Waals surface area (Å²) >= 11 is 3.63. The molecule has 100 valence electrons. The van der Waals surface area contributed by atoms with E-state index in [-0.39, 0.29) is 0 Å².